The van der Waals surface area contributed by atoms with Crippen molar-refractivity contribution in [3.05, 3.63) is 26.8 Å². The van der Waals surface area contributed by atoms with E-state index in [2.05, 4.69) is 0 Å². The zero-order chi connectivity index (χ0) is 15.1. The second kappa shape index (κ2) is 5.23. The summed E-state index contributed by atoms with van der Waals surface area (Å²) in [6.07, 6.45) is 0.433. The third kappa shape index (κ3) is 2.26. The smallest absolute Gasteiger partial charge is 0.322 e. The molecule has 1 aromatic carbocycles. The van der Waals surface area contributed by atoms with Gasteiger partial charge >= 0.3 is 11.9 Å². The van der Waals surface area contributed by atoms with Crippen LogP contribution in [0, 0.1) is 10.1 Å². The van der Waals surface area contributed by atoms with Crippen molar-refractivity contribution < 1.29 is 22.9 Å². The Labute approximate surface area is 127 Å². The Morgan fingerprint density at radius 2 is 1.67 bits per heavy atom. The van der Waals surface area contributed by atoms with E-state index in [-0.39, 0.29) is 18.5 Å². The molecule has 21 heavy (non-hydrogen) atoms. The predicted molar refractivity (Wildman–Crippen MR) is 73.8 cm³/mol. The number of nitro groups is 1. The average molecular weight is 327 g/mol. The number of nitrogens with zero attached hydrogens (tertiary/aromatic N) is 1. The van der Waals surface area contributed by atoms with Crippen molar-refractivity contribution in [3.8, 4) is 0 Å². The van der Waals surface area contributed by atoms with Crippen molar-refractivity contribution in [2.45, 2.75) is 36.0 Å². The molecule has 3 rings (SSSR count). The first-order valence-corrected chi connectivity index (χ1v) is 7.60. The Kier molecular flexibility index (Phi) is 3.54. The van der Waals surface area contributed by atoms with Crippen LogP contribution in [0.3, 0.4) is 0 Å². The van der Waals surface area contributed by atoms with Crippen molar-refractivity contribution in [2.24, 2.45) is 0 Å². The Balaban J connectivity index is 2.33. The van der Waals surface area contributed by atoms with Gasteiger partial charge in [0.15, 0.2) is 0 Å². The van der Waals surface area contributed by atoms with Gasteiger partial charge in [0.1, 0.15) is 16.9 Å². The van der Waals surface area contributed by atoms with Gasteiger partial charge in [0.25, 0.3) is 5.69 Å². The number of fused-ring (bicyclic) bond motifs is 2. The summed E-state index contributed by atoms with van der Waals surface area (Å²) in [5, 5.41) is 11.4. The molecule has 0 radical (unpaired) electrons. The molecule has 2 aliphatic heterocycles. The van der Waals surface area contributed by atoms with Gasteiger partial charge in [-0.2, -0.15) is 0 Å². The highest BCUT2D eigenvalue weighted by molar-refractivity contribution is 7.95. The number of carbonyl (C=O) groups excluding carboxylic acids is 2. The van der Waals surface area contributed by atoms with Crippen LogP contribution in [0.5, 0.6) is 0 Å². The van der Waals surface area contributed by atoms with Crippen molar-refractivity contribution in [3.63, 3.8) is 0 Å². The number of rotatable bonds is 2. The molecule has 0 aliphatic carbocycles. The topological polar surface area (TPSA) is 95.7 Å². The normalized spacial score (nSPS) is 16.6. The summed E-state index contributed by atoms with van der Waals surface area (Å²) in [6.45, 7) is 1.89. The number of hydrogen-bond donors (Lipinski definition) is 0. The van der Waals surface area contributed by atoms with E-state index in [1.165, 1.54) is 0 Å². The summed E-state index contributed by atoms with van der Waals surface area (Å²) in [6, 6.07) is 0. The van der Waals surface area contributed by atoms with E-state index >= 15 is 0 Å². The third-order valence-corrected chi connectivity index (χ3v) is 5.11. The van der Waals surface area contributed by atoms with E-state index in [0.717, 1.165) is 17.6 Å². The number of hydrogen-bond acceptors (Lipinski definition) is 8. The van der Waals surface area contributed by atoms with Gasteiger partial charge in [0.2, 0.25) is 0 Å². The summed E-state index contributed by atoms with van der Waals surface area (Å²) in [4.78, 5) is 34.8. The largest absolute Gasteiger partial charge is 0.386 e. The Bertz CT molecular complexity index is 687. The van der Waals surface area contributed by atoms with Gasteiger partial charge in [-0.05, 0) is 17.5 Å². The standard InChI is InChI=1S/C12H9NO6S2/c1-2-5-6-3-8(14)19-21-12(6)10(13(16)17)7-4-9(15)18-20-11(5)7/h2-4H2,1H3. The summed E-state index contributed by atoms with van der Waals surface area (Å²) in [7, 11) is 0. The minimum atomic E-state index is -0.525. The predicted octanol–water partition coefficient (Wildman–Crippen LogP) is 2.37. The second-order valence-electron chi connectivity index (χ2n) is 4.48. The van der Waals surface area contributed by atoms with Crippen LogP contribution in [-0.2, 0) is 37.2 Å². The molecule has 0 N–H and O–H groups in total. The maximum Gasteiger partial charge on any atom is 0.322 e. The van der Waals surface area contributed by atoms with E-state index in [1.54, 1.807) is 0 Å². The van der Waals surface area contributed by atoms with E-state index in [9.17, 15) is 19.7 Å². The highest BCUT2D eigenvalue weighted by Gasteiger charge is 2.38. The summed E-state index contributed by atoms with van der Waals surface area (Å²) in [5.74, 6) is -0.954. The zero-order valence-corrected chi connectivity index (χ0v) is 12.5. The van der Waals surface area contributed by atoms with Crippen LogP contribution in [0.25, 0.3) is 0 Å². The van der Waals surface area contributed by atoms with Crippen molar-refractivity contribution in [1.29, 1.82) is 0 Å². The van der Waals surface area contributed by atoms with Crippen LogP contribution in [0.1, 0.15) is 23.6 Å². The Hall–Kier alpha value is -1.74. The third-order valence-electron chi connectivity index (χ3n) is 3.30. The van der Waals surface area contributed by atoms with Gasteiger partial charge in [0, 0.05) is 0 Å². The molecular weight excluding hydrogens is 318 g/mol. The van der Waals surface area contributed by atoms with Crippen LogP contribution in [0.4, 0.5) is 5.69 Å². The molecule has 110 valence electrons. The molecule has 0 fully saturated rings. The first kappa shape index (κ1) is 14.2. The van der Waals surface area contributed by atoms with E-state index < -0.39 is 16.9 Å². The number of nitro benzene ring substituents is 1. The summed E-state index contributed by atoms with van der Waals surface area (Å²) < 4.78 is 9.79. The highest BCUT2D eigenvalue weighted by atomic mass is 32.2. The minimum absolute atomic E-state index is 0.00582. The van der Waals surface area contributed by atoms with Crippen LogP contribution in [-0.4, -0.2) is 16.9 Å². The fraction of sp³-hybridized carbons (Fsp3) is 0.333. The Morgan fingerprint density at radius 3 is 2.24 bits per heavy atom. The molecule has 0 saturated heterocycles. The van der Waals surface area contributed by atoms with Crippen LogP contribution in [0.15, 0.2) is 9.79 Å². The fourth-order valence-corrected chi connectivity index (χ4v) is 4.16. The van der Waals surface area contributed by atoms with Gasteiger partial charge < -0.3 is 8.37 Å². The lowest BCUT2D eigenvalue weighted by molar-refractivity contribution is -0.388. The van der Waals surface area contributed by atoms with Gasteiger partial charge in [-0.1, -0.05) is 6.92 Å². The quantitative estimate of drug-likeness (QED) is 0.464. The molecule has 9 heteroatoms. The van der Waals surface area contributed by atoms with Gasteiger partial charge in [-0.3, -0.25) is 19.7 Å². The van der Waals surface area contributed by atoms with E-state index in [4.69, 9.17) is 8.37 Å². The van der Waals surface area contributed by atoms with Crippen molar-refractivity contribution in [2.75, 3.05) is 0 Å². The van der Waals surface area contributed by atoms with Crippen LogP contribution >= 0.6 is 24.1 Å². The van der Waals surface area contributed by atoms with Crippen molar-refractivity contribution >= 4 is 41.7 Å². The molecule has 0 aromatic heterocycles. The maximum absolute atomic E-state index is 11.5. The monoisotopic (exact) mass is 327 g/mol. The summed E-state index contributed by atoms with van der Waals surface area (Å²) >= 11 is 1.54. The first-order valence-electron chi connectivity index (χ1n) is 6.12. The van der Waals surface area contributed by atoms with Gasteiger partial charge in [0.05, 0.1) is 40.3 Å². The lowest BCUT2D eigenvalue weighted by Crippen LogP contribution is -2.20. The first-order chi connectivity index (χ1) is 10.0. The molecular formula is C12H9NO6S2. The van der Waals surface area contributed by atoms with Crippen molar-refractivity contribution in [1.82, 2.24) is 0 Å². The lowest BCUT2D eigenvalue weighted by atomic mass is 9.95. The zero-order valence-electron chi connectivity index (χ0n) is 10.8. The molecule has 0 atom stereocenters. The van der Waals surface area contributed by atoms with Gasteiger partial charge in [-0.15, -0.1) is 0 Å². The minimum Gasteiger partial charge on any atom is -0.386 e. The lowest BCUT2D eigenvalue weighted by Gasteiger charge is -2.24. The molecule has 0 spiro atoms. The molecule has 0 saturated carbocycles. The highest BCUT2D eigenvalue weighted by Crippen LogP contribution is 2.48. The number of benzene rings is 1. The SMILES string of the molecule is CCc1c2c(c([N+](=O)[O-])c3c1SOC(=O)C3)SOC(=O)C2. The molecule has 1 aromatic rings. The molecule has 0 amide bonds. The fourth-order valence-electron chi connectivity index (χ4n) is 2.48. The molecule has 2 aliphatic rings. The Morgan fingerprint density at radius 1 is 1.10 bits per heavy atom. The molecule has 2 heterocycles. The molecule has 0 bridgehead atoms. The average Bonchev–Trinajstić information content (AvgIpc) is 2.44. The molecule has 7 nitrogen and oxygen atoms in total. The van der Waals surface area contributed by atoms with E-state index in [0.29, 0.717) is 39.4 Å². The number of carbonyl (C=O) groups is 2. The molecule has 0 unspecified atom stereocenters. The van der Waals surface area contributed by atoms with Gasteiger partial charge in [-0.25, -0.2) is 0 Å². The van der Waals surface area contributed by atoms with Crippen LogP contribution in [0.2, 0.25) is 0 Å². The van der Waals surface area contributed by atoms with Crippen LogP contribution < -0.4 is 0 Å². The van der Waals surface area contributed by atoms with E-state index in [1.807, 2.05) is 6.92 Å². The summed E-state index contributed by atoms with van der Waals surface area (Å²) in [5.41, 5.74) is 1.61. The second-order valence-corrected chi connectivity index (χ2v) is 5.97. The maximum atomic E-state index is 11.5.